The summed E-state index contributed by atoms with van der Waals surface area (Å²) in [5.74, 6) is 1.91. The molecule has 0 radical (unpaired) electrons. The lowest BCUT2D eigenvalue weighted by Gasteiger charge is -1.93. The average Bonchev–Trinajstić information content (AvgIpc) is 2.59. The molecule has 0 aliphatic carbocycles. The maximum atomic E-state index is 4.18. The van der Waals surface area contributed by atoms with Crippen molar-refractivity contribution in [1.29, 1.82) is 0 Å². The second-order valence-electron chi connectivity index (χ2n) is 3.04. The van der Waals surface area contributed by atoms with Crippen molar-refractivity contribution in [3.63, 3.8) is 0 Å². The summed E-state index contributed by atoms with van der Waals surface area (Å²) in [6.07, 6.45) is 8.63. The summed E-state index contributed by atoms with van der Waals surface area (Å²) in [6.45, 7) is 2.13. The van der Waals surface area contributed by atoms with E-state index in [1.807, 2.05) is 0 Å². The first-order chi connectivity index (χ1) is 6.36. The van der Waals surface area contributed by atoms with Crippen LogP contribution >= 0.6 is 25.3 Å². The predicted octanol–water partition coefficient (Wildman–Crippen LogP) is 1.42. The third-order valence-electron chi connectivity index (χ3n) is 1.90. The maximum Gasteiger partial charge on any atom is 0.243 e. The predicted molar refractivity (Wildman–Crippen MR) is 61.6 cm³/mol. The molecule has 1 aromatic heterocycles. The summed E-state index contributed by atoms with van der Waals surface area (Å²) in [5.41, 5.74) is 0. The highest BCUT2D eigenvalue weighted by Crippen LogP contribution is 1.92. The third-order valence-corrected chi connectivity index (χ3v) is 2.53. The number of nitrogens with zero attached hydrogens (tertiary/aromatic N) is 2. The van der Waals surface area contributed by atoms with Gasteiger partial charge in [-0.3, -0.25) is 0 Å². The Morgan fingerprint density at radius 3 is 2.62 bits per heavy atom. The van der Waals surface area contributed by atoms with Crippen molar-refractivity contribution in [1.82, 2.24) is 4.57 Å². The van der Waals surface area contributed by atoms with E-state index in [0.717, 1.165) is 37.4 Å². The van der Waals surface area contributed by atoms with E-state index in [9.17, 15) is 0 Å². The molecule has 0 N–H and O–H groups in total. The van der Waals surface area contributed by atoms with E-state index >= 15 is 0 Å². The summed E-state index contributed by atoms with van der Waals surface area (Å²) in [6, 6.07) is 0. The monoisotopic (exact) mass is 217 g/mol. The molecule has 13 heavy (non-hydrogen) atoms. The minimum atomic E-state index is 0.953. The van der Waals surface area contributed by atoms with E-state index in [2.05, 4.69) is 53.1 Å². The zero-order chi connectivity index (χ0) is 9.52. The van der Waals surface area contributed by atoms with Gasteiger partial charge in [-0.25, -0.2) is 9.13 Å². The lowest BCUT2D eigenvalue weighted by atomic mass is 10.5. The summed E-state index contributed by atoms with van der Waals surface area (Å²) in [7, 11) is 0. The number of imidazole rings is 1. The van der Waals surface area contributed by atoms with Crippen LogP contribution in [-0.4, -0.2) is 16.1 Å². The van der Waals surface area contributed by atoms with E-state index in [-0.39, 0.29) is 0 Å². The van der Waals surface area contributed by atoms with Gasteiger partial charge < -0.3 is 0 Å². The first-order valence-corrected chi connectivity index (χ1v) is 5.90. The molecule has 0 aliphatic heterocycles. The summed E-state index contributed by atoms with van der Waals surface area (Å²) in [4.78, 5) is 0. The molecule has 0 aliphatic rings. The van der Waals surface area contributed by atoms with Gasteiger partial charge in [0, 0.05) is 0 Å². The number of aryl methyl sites for hydroxylation is 2. The van der Waals surface area contributed by atoms with Gasteiger partial charge in [0.2, 0.25) is 6.33 Å². The summed E-state index contributed by atoms with van der Waals surface area (Å²) < 4.78 is 4.41. The first-order valence-electron chi connectivity index (χ1n) is 4.63. The van der Waals surface area contributed by atoms with Crippen molar-refractivity contribution in [2.24, 2.45) is 0 Å². The van der Waals surface area contributed by atoms with Crippen LogP contribution in [-0.2, 0) is 13.1 Å². The third kappa shape index (κ3) is 4.09. The number of hydrogen-bond acceptors (Lipinski definition) is 2. The van der Waals surface area contributed by atoms with Crippen molar-refractivity contribution < 1.29 is 4.57 Å². The molecule has 0 amide bonds. The largest absolute Gasteiger partial charge is 0.243 e. The first kappa shape index (κ1) is 11.0. The molecule has 0 aromatic carbocycles. The molecule has 0 fully saturated rings. The van der Waals surface area contributed by atoms with Crippen LogP contribution in [0.25, 0.3) is 0 Å². The second kappa shape index (κ2) is 6.38. The van der Waals surface area contributed by atoms with Crippen molar-refractivity contribution in [3.8, 4) is 0 Å². The molecule has 74 valence electrons. The molecule has 0 saturated carbocycles. The number of aromatic nitrogens is 2. The Hall–Kier alpha value is -0.0900. The normalized spacial score (nSPS) is 10.6. The highest BCUT2D eigenvalue weighted by molar-refractivity contribution is 7.80. The molecule has 1 rings (SSSR count). The molecule has 1 aromatic rings. The Morgan fingerprint density at radius 1 is 1.15 bits per heavy atom. The Labute approximate surface area is 90.8 Å². The summed E-state index contributed by atoms with van der Waals surface area (Å²) >= 11 is 8.37. The van der Waals surface area contributed by atoms with Crippen molar-refractivity contribution in [3.05, 3.63) is 18.7 Å². The molecule has 2 nitrogen and oxygen atoms in total. The van der Waals surface area contributed by atoms with Crippen LogP contribution in [0.5, 0.6) is 0 Å². The molecule has 0 bridgehead atoms. The molecule has 1 heterocycles. The minimum Gasteiger partial charge on any atom is -0.237 e. The van der Waals surface area contributed by atoms with Crippen LogP contribution in [0, 0.1) is 0 Å². The van der Waals surface area contributed by atoms with Crippen LogP contribution < -0.4 is 4.57 Å². The highest BCUT2D eigenvalue weighted by atomic mass is 32.1. The fourth-order valence-electron chi connectivity index (χ4n) is 1.21. The van der Waals surface area contributed by atoms with Gasteiger partial charge in [-0.1, -0.05) is 0 Å². The molecule has 0 unspecified atom stereocenters. The number of rotatable bonds is 6. The van der Waals surface area contributed by atoms with Crippen LogP contribution in [0.3, 0.4) is 0 Å². The van der Waals surface area contributed by atoms with Gasteiger partial charge in [0.15, 0.2) is 0 Å². The number of hydrogen-bond donors (Lipinski definition) is 2. The Bertz CT molecular complexity index is 213. The topological polar surface area (TPSA) is 8.81 Å². The highest BCUT2D eigenvalue weighted by Gasteiger charge is 2.01. The van der Waals surface area contributed by atoms with Gasteiger partial charge in [0.25, 0.3) is 0 Å². The van der Waals surface area contributed by atoms with E-state index in [1.54, 1.807) is 0 Å². The lowest BCUT2D eigenvalue weighted by Crippen LogP contribution is -2.31. The molecule has 0 saturated heterocycles. The fourth-order valence-corrected chi connectivity index (χ4v) is 1.49. The van der Waals surface area contributed by atoms with Crippen molar-refractivity contribution in [2.45, 2.75) is 25.9 Å². The Kier molecular flexibility index (Phi) is 5.39. The van der Waals surface area contributed by atoms with E-state index < -0.39 is 0 Å². The van der Waals surface area contributed by atoms with Crippen molar-refractivity contribution >= 4 is 25.3 Å². The lowest BCUT2D eigenvalue weighted by molar-refractivity contribution is -0.696. The van der Waals surface area contributed by atoms with Gasteiger partial charge in [0.1, 0.15) is 12.4 Å². The van der Waals surface area contributed by atoms with E-state index in [0.29, 0.717) is 0 Å². The molecule has 0 atom stereocenters. The van der Waals surface area contributed by atoms with Gasteiger partial charge in [-0.05, 0) is 24.3 Å². The van der Waals surface area contributed by atoms with Gasteiger partial charge in [-0.2, -0.15) is 25.3 Å². The molecule has 4 heteroatoms. The molecule has 0 spiro atoms. The quantitative estimate of drug-likeness (QED) is 0.527. The van der Waals surface area contributed by atoms with Crippen LogP contribution in [0.2, 0.25) is 0 Å². The van der Waals surface area contributed by atoms with Crippen molar-refractivity contribution in [2.75, 3.05) is 11.5 Å². The smallest absolute Gasteiger partial charge is 0.237 e. The Balaban J connectivity index is 2.34. The fraction of sp³-hybridized carbons (Fsp3) is 0.667. The minimum absolute atomic E-state index is 0.953. The van der Waals surface area contributed by atoms with E-state index in [1.165, 1.54) is 0 Å². The van der Waals surface area contributed by atoms with Gasteiger partial charge >= 0.3 is 0 Å². The van der Waals surface area contributed by atoms with Gasteiger partial charge in [0.05, 0.1) is 13.1 Å². The SMILES string of the molecule is SCCCn1cc[n+](CCCS)c1. The van der Waals surface area contributed by atoms with Gasteiger partial charge in [-0.15, -0.1) is 0 Å². The van der Waals surface area contributed by atoms with E-state index in [4.69, 9.17) is 0 Å². The average molecular weight is 217 g/mol. The standard InChI is InChI=1S/C9H16N2S2/c12-7-1-3-10-5-6-11(9-10)4-2-8-13/h5-6,9H,1-4,7-8H2,(H-,12,13)/p+1. The molecular weight excluding hydrogens is 200 g/mol. The molecular formula is C9H17N2S2+. The zero-order valence-electron chi connectivity index (χ0n) is 7.76. The zero-order valence-corrected chi connectivity index (χ0v) is 9.55. The maximum absolute atomic E-state index is 4.18. The Morgan fingerprint density at radius 2 is 1.92 bits per heavy atom. The summed E-state index contributed by atoms with van der Waals surface area (Å²) in [5, 5.41) is 0. The number of thiol groups is 2. The second-order valence-corrected chi connectivity index (χ2v) is 3.94. The van der Waals surface area contributed by atoms with Crippen LogP contribution in [0.15, 0.2) is 18.7 Å². The van der Waals surface area contributed by atoms with Crippen LogP contribution in [0.1, 0.15) is 12.8 Å². The van der Waals surface area contributed by atoms with Crippen LogP contribution in [0.4, 0.5) is 0 Å².